The zero-order valence-corrected chi connectivity index (χ0v) is 10.7. The summed E-state index contributed by atoms with van der Waals surface area (Å²) in [7, 11) is 0. The average molecular weight is 248 g/mol. The lowest BCUT2D eigenvalue weighted by atomic mass is 10.2. The molecule has 1 aliphatic rings. The minimum Gasteiger partial charge on any atom is -0.493 e. The fourth-order valence-electron chi connectivity index (χ4n) is 1.89. The van der Waals surface area contributed by atoms with Gasteiger partial charge in [-0.1, -0.05) is 0 Å². The van der Waals surface area contributed by atoms with Crippen LogP contribution in [0.2, 0.25) is 0 Å². The number of nitrogens with two attached hydrogens (primary N) is 1. The molecule has 1 fully saturated rings. The molecule has 0 aromatic heterocycles. The Balaban J connectivity index is 1.79. The lowest BCUT2D eigenvalue weighted by Crippen LogP contribution is -2.17. The molecule has 1 saturated carbocycles. The second kappa shape index (κ2) is 5.76. The summed E-state index contributed by atoms with van der Waals surface area (Å²) in [5, 5.41) is 3.48. The highest BCUT2D eigenvalue weighted by Gasteiger charge is 2.27. The Morgan fingerprint density at radius 2 is 2.11 bits per heavy atom. The molecule has 1 unspecified atom stereocenters. The number of carbonyl (C=O) groups is 1. The molecule has 18 heavy (non-hydrogen) atoms. The summed E-state index contributed by atoms with van der Waals surface area (Å²) in [6.07, 6.45) is 2.92. The van der Waals surface area contributed by atoms with Gasteiger partial charge < -0.3 is 15.8 Å². The minimum atomic E-state index is -0.341. The first-order chi connectivity index (χ1) is 8.65. The number of hydrogen-bond donors (Lipinski definition) is 2. The molecule has 1 aliphatic carbocycles. The third-order valence-electron chi connectivity index (χ3n) is 3.19. The molecule has 4 nitrogen and oxygen atoms in total. The van der Waals surface area contributed by atoms with Crippen molar-refractivity contribution in [2.45, 2.75) is 32.2 Å². The van der Waals surface area contributed by atoms with Gasteiger partial charge >= 0.3 is 0 Å². The van der Waals surface area contributed by atoms with Crippen LogP contribution in [0.25, 0.3) is 0 Å². The standard InChI is InChI=1S/C14H20N2O2/c1-10(11-2-3-11)16-12-4-6-13(7-5-12)18-9-8-14(15)17/h4-7,10-11,16H,2-3,8-9H2,1H3,(H2,15,17). The summed E-state index contributed by atoms with van der Waals surface area (Å²) < 4.78 is 5.41. The van der Waals surface area contributed by atoms with Gasteiger partial charge in [-0.05, 0) is 49.9 Å². The van der Waals surface area contributed by atoms with E-state index in [2.05, 4.69) is 12.2 Å². The molecule has 4 heteroatoms. The van der Waals surface area contributed by atoms with E-state index in [-0.39, 0.29) is 12.3 Å². The molecular weight excluding hydrogens is 228 g/mol. The van der Waals surface area contributed by atoms with E-state index in [9.17, 15) is 4.79 Å². The van der Waals surface area contributed by atoms with Crippen LogP contribution in [-0.4, -0.2) is 18.6 Å². The Labute approximate surface area is 108 Å². The molecule has 0 bridgehead atoms. The summed E-state index contributed by atoms with van der Waals surface area (Å²) in [6.45, 7) is 2.55. The highest BCUT2D eigenvalue weighted by molar-refractivity contribution is 5.73. The van der Waals surface area contributed by atoms with Crippen LogP contribution in [0.3, 0.4) is 0 Å². The maximum absolute atomic E-state index is 10.6. The fraction of sp³-hybridized carbons (Fsp3) is 0.500. The van der Waals surface area contributed by atoms with E-state index in [1.54, 1.807) is 0 Å². The molecular formula is C14H20N2O2. The predicted octanol–water partition coefficient (Wildman–Crippen LogP) is 2.15. The zero-order chi connectivity index (χ0) is 13.0. The second-order valence-corrected chi connectivity index (χ2v) is 4.86. The highest BCUT2D eigenvalue weighted by Crippen LogP contribution is 2.34. The van der Waals surface area contributed by atoms with Crippen molar-refractivity contribution in [3.63, 3.8) is 0 Å². The maximum atomic E-state index is 10.6. The topological polar surface area (TPSA) is 64.3 Å². The number of carbonyl (C=O) groups excluding carboxylic acids is 1. The molecule has 0 radical (unpaired) electrons. The van der Waals surface area contributed by atoms with Gasteiger partial charge in [0.25, 0.3) is 0 Å². The minimum absolute atomic E-state index is 0.249. The fourth-order valence-corrected chi connectivity index (χ4v) is 1.89. The molecule has 98 valence electrons. The van der Waals surface area contributed by atoms with Gasteiger partial charge in [0.05, 0.1) is 13.0 Å². The summed E-state index contributed by atoms with van der Waals surface area (Å²) in [4.78, 5) is 10.6. The largest absolute Gasteiger partial charge is 0.493 e. The Kier molecular flexibility index (Phi) is 4.07. The van der Waals surface area contributed by atoms with Crippen molar-refractivity contribution in [3.8, 4) is 5.75 Å². The van der Waals surface area contributed by atoms with Gasteiger partial charge in [0.15, 0.2) is 0 Å². The van der Waals surface area contributed by atoms with E-state index in [0.717, 1.165) is 17.4 Å². The van der Waals surface area contributed by atoms with Gasteiger partial charge in [0.2, 0.25) is 5.91 Å². The van der Waals surface area contributed by atoms with Crippen molar-refractivity contribution in [2.24, 2.45) is 11.7 Å². The van der Waals surface area contributed by atoms with Crippen LogP contribution in [0, 0.1) is 5.92 Å². The van der Waals surface area contributed by atoms with Gasteiger partial charge in [0.1, 0.15) is 5.75 Å². The van der Waals surface area contributed by atoms with Crippen molar-refractivity contribution < 1.29 is 9.53 Å². The summed E-state index contributed by atoms with van der Waals surface area (Å²) in [5.74, 6) is 1.25. The molecule has 1 amide bonds. The smallest absolute Gasteiger partial charge is 0.220 e. The van der Waals surface area contributed by atoms with Crippen LogP contribution >= 0.6 is 0 Å². The Morgan fingerprint density at radius 1 is 1.44 bits per heavy atom. The van der Waals surface area contributed by atoms with Gasteiger partial charge in [-0.25, -0.2) is 0 Å². The van der Waals surface area contributed by atoms with Crippen LogP contribution in [0.4, 0.5) is 5.69 Å². The van der Waals surface area contributed by atoms with Crippen molar-refractivity contribution in [2.75, 3.05) is 11.9 Å². The highest BCUT2D eigenvalue weighted by atomic mass is 16.5. The van der Waals surface area contributed by atoms with Gasteiger partial charge in [0, 0.05) is 11.7 Å². The van der Waals surface area contributed by atoms with Crippen LogP contribution in [0.15, 0.2) is 24.3 Å². The van der Waals surface area contributed by atoms with Crippen LogP contribution < -0.4 is 15.8 Å². The van der Waals surface area contributed by atoms with E-state index in [0.29, 0.717) is 12.6 Å². The molecule has 1 aromatic carbocycles. The van der Waals surface area contributed by atoms with Gasteiger partial charge in [-0.2, -0.15) is 0 Å². The lowest BCUT2D eigenvalue weighted by Gasteiger charge is -2.14. The van der Waals surface area contributed by atoms with E-state index in [1.165, 1.54) is 12.8 Å². The average Bonchev–Trinajstić information content (AvgIpc) is 3.15. The third kappa shape index (κ3) is 3.95. The van der Waals surface area contributed by atoms with E-state index >= 15 is 0 Å². The predicted molar refractivity (Wildman–Crippen MR) is 71.6 cm³/mol. The Hall–Kier alpha value is -1.71. The number of primary amides is 1. The molecule has 2 rings (SSSR count). The van der Waals surface area contributed by atoms with Gasteiger partial charge in [-0.3, -0.25) is 4.79 Å². The summed E-state index contributed by atoms with van der Waals surface area (Å²) in [6, 6.07) is 8.34. The lowest BCUT2D eigenvalue weighted by molar-refractivity contribution is -0.118. The third-order valence-corrected chi connectivity index (χ3v) is 3.19. The van der Waals surface area contributed by atoms with E-state index < -0.39 is 0 Å². The first kappa shape index (κ1) is 12.7. The Bertz CT molecular complexity index is 399. The Morgan fingerprint density at radius 3 is 2.67 bits per heavy atom. The van der Waals surface area contributed by atoms with Crippen LogP contribution in [-0.2, 0) is 4.79 Å². The number of anilines is 1. The van der Waals surface area contributed by atoms with E-state index in [4.69, 9.17) is 10.5 Å². The molecule has 0 spiro atoms. The first-order valence-corrected chi connectivity index (χ1v) is 6.43. The van der Waals surface area contributed by atoms with Gasteiger partial charge in [-0.15, -0.1) is 0 Å². The summed E-state index contributed by atoms with van der Waals surface area (Å²) >= 11 is 0. The number of amides is 1. The molecule has 3 N–H and O–H groups in total. The number of benzene rings is 1. The molecule has 0 aliphatic heterocycles. The number of hydrogen-bond acceptors (Lipinski definition) is 3. The van der Waals surface area contributed by atoms with Crippen molar-refractivity contribution in [1.82, 2.24) is 0 Å². The molecule has 1 atom stereocenters. The molecule has 1 aromatic rings. The van der Waals surface area contributed by atoms with Crippen molar-refractivity contribution in [1.29, 1.82) is 0 Å². The first-order valence-electron chi connectivity index (χ1n) is 6.43. The van der Waals surface area contributed by atoms with E-state index in [1.807, 2.05) is 24.3 Å². The monoisotopic (exact) mass is 248 g/mol. The number of nitrogens with one attached hydrogen (secondary N) is 1. The summed E-state index contributed by atoms with van der Waals surface area (Å²) in [5.41, 5.74) is 6.15. The van der Waals surface area contributed by atoms with Crippen LogP contribution in [0.1, 0.15) is 26.2 Å². The van der Waals surface area contributed by atoms with Crippen molar-refractivity contribution in [3.05, 3.63) is 24.3 Å². The van der Waals surface area contributed by atoms with Crippen LogP contribution in [0.5, 0.6) is 5.75 Å². The SMILES string of the molecule is CC(Nc1ccc(OCCC(N)=O)cc1)C1CC1. The second-order valence-electron chi connectivity index (χ2n) is 4.86. The normalized spacial score (nSPS) is 16.1. The molecule has 0 saturated heterocycles. The molecule has 0 heterocycles. The number of ether oxygens (including phenoxy) is 1. The number of rotatable bonds is 7. The maximum Gasteiger partial charge on any atom is 0.220 e. The quantitative estimate of drug-likeness (QED) is 0.777. The zero-order valence-electron chi connectivity index (χ0n) is 10.7. The van der Waals surface area contributed by atoms with Crippen molar-refractivity contribution >= 4 is 11.6 Å².